The Morgan fingerprint density at radius 1 is 1.28 bits per heavy atom. The van der Waals surface area contributed by atoms with E-state index in [-0.39, 0.29) is 23.5 Å². The van der Waals surface area contributed by atoms with Crippen LogP contribution in [0, 0.1) is 0 Å². The minimum absolute atomic E-state index is 0.0333. The van der Waals surface area contributed by atoms with Gasteiger partial charge in [-0.25, -0.2) is 9.59 Å². The van der Waals surface area contributed by atoms with E-state index >= 15 is 0 Å². The van der Waals surface area contributed by atoms with E-state index in [4.69, 9.17) is 4.74 Å². The largest absolute Gasteiger partial charge is 0.507 e. The fourth-order valence-electron chi connectivity index (χ4n) is 1.33. The molecule has 0 saturated carbocycles. The summed E-state index contributed by atoms with van der Waals surface area (Å²) >= 11 is 0. The Morgan fingerprint density at radius 3 is 2.61 bits per heavy atom. The van der Waals surface area contributed by atoms with Gasteiger partial charge in [-0.15, -0.1) is 0 Å². The third kappa shape index (κ3) is 3.48. The highest BCUT2D eigenvalue weighted by Gasteiger charge is 2.16. The van der Waals surface area contributed by atoms with E-state index in [1.165, 1.54) is 25.3 Å². The highest BCUT2D eigenvalue weighted by atomic mass is 16.5. The highest BCUT2D eigenvalue weighted by molar-refractivity contribution is 5.97. The summed E-state index contributed by atoms with van der Waals surface area (Å²) in [7, 11) is 1.24. The molecule has 0 unspecified atom stereocenters. The molecule has 1 rings (SSSR count). The number of hydrogen-bond acceptors (Lipinski definition) is 5. The van der Waals surface area contributed by atoms with Crippen LogP contribution in [0.2, 0.25) is 0 Å². The third-order valence-electron chi connectivity index (χ3n) is 2.37. The first-order chi connectivity index (χ1) is 8.60. The van der Waals surface area contributed by atoms with Crippen molar-refractivity contribution >= 4 is 11.9 Å². The zero-order valence-electron chi connectivity index (χ0n) is 10.4. The lowest BCUT2D eigenvalue weighted by atomic mass is 10.1. The molecule has 0 fully saturated rings. The molecule has 1 aromatic carbocycles. The molecule has 0 heterocycles. The molecule has 0 amide bonds. The number of methoxy groups -OCH3 is 1. The Labute approximate surface area is 105 Å². The van der Waals surface area contributed by atoms with Crippen molar-refractivity contribution in [3.63, 3.8) is 0 Å². The molecule has 0 radical (unpaired) electrons. The minimum Gasteiger partial charge on any atom is -0.507 e. The summed E-state index contributed by atoms with van der Waals surface area (Å²) in [5.74, 6) is -1.44. The Balaban J connectivity index is 2.86. The Morgan fingerprint density at radius 2 is 2.00 bits per heavy atom. The van der Waals surface area contributed by atoms with Crippen LogP contribution in [0.5, 0.6) is 5.75 Å². The lowest BCUT2D eigenvalue weighted by Gasteiger charge is -2.07. The number of phenols is 1. The smallest absolute Gasteiger partial charge is 0.341 e. The van der Waals surface area contributed by atoms with Gasteiger partial charge in [0.1, 0.15) is 11.3 Å². The number of esters is 2. The molecule has 0 aliphatic heterocycles. The van der Waals surface area contributed by atoms with Crippen LogP contribution < -0.4 is 0 Å². The van der Waals surface area contributed by atoms with E-state index in [1.807, 2.05) is 6.92 Å². The van der Waals surface area contributed by atoms with Crippen LogP contribution in [0.4, 0.5) is 0 Å². The molecular weight excluding hydrogens is 236 g/mol. The SMILES string of the molecule is CCCCOC(=O)c1cc(C(=O)OC)ccc1O. The Bertz CT molecular complexity index is 439. The van der Waals surface area contributed by atoms with E-state index in [0.717, 1.165) is 12.8 Å². The van der Waals surface area contributed by atoms with Crippen LogP contribution in [0.3, 0.4) is 0 Å². The molecule has 0 atom stereocenters. The lowest BCUT2D eigenvalue weighted by Crippen LogP contribution is -2.09. The standard InChI is InChI=1S/C13H16O5/c1-3-4-7-18-13(16)10-8-9(12(15)17-2)5-6-11(10)14/h5-6,8,14H,3-4,7H2,1-2H3. The monoisotopic (exact) mass is 252 g/mol. The molecule has 0 aliphatic rings. The predicted molar refractivity (Wildman–Crippen MR) is 64.6 cm³/mol. The minimum atomic E-state index is -0.647. The van der Waals surface area contributed by atoms with Crippen LogP contribution in [0.1, 0.15) is 40.5 Å². The second kappa shape index (κ2) is 6.64. The summed E-state index contributed by atoms with van der Waals surface area (Å²) in [6, 6.07) is 3.90. The molecule has 0 bridgehead atoms. The van der Waals surface area contributed by atoms with Gasteiger partial charge in [0.15, 0.2) is 0 Å². The number of carbonyl (C=O) groups excluding carboxylic acids is 2. The molecule has 0 aliphatic carbocycles. The molecule has 18 heavy (non-hydrogen) atoms. The van der Waals surface area contributed by atoms with Gasteiger partial charge in [-0.2, -0.15) is 0 Å². The van der Waals surface area contributed by atoms with Crippen LogP contribution in [0.25, 0.3) is 0 Å². The van der Waals surface area contributed by atoms with Crippen molar-refractivity contribution in [3.8, 4) is 5.75 Å². The summed E-state index contributed by atoms with van der Waals surface area (Å²) in [5, 5.41) is 9.56. The number of hydrogen-bond donors (Lipinski definition) is 1. The average Bonchev–Trinajstić information content (AvgIpc) is 2.38. The third-order valence-corrected chi connectivity index (χ3v) is 2.37. The van der Waals surface area contributed by atoms with Crippen molar-refractivity contribution in [2.45, 2.75) is 19.8 Å². The number of carbonyl (C=O) groups is 2. The van der Waals surface area contributed by atoms with Crippen LogP contribution in [0.15, 0.2) is 18.2 Å². The van der Waals surface area contributed by atoms with Gasteiger partial charge < -0.3 is 14.6 Å². The van der Waals surface area contributed by atoms with Crippen molar-refractivity contribution in [1.82, 2.24) is 0 Å². The van der Waals surface area contributed by atoms with Crippen molar-refractivity contribution in [1.29, 1.82) is 0 Å². The number of aromatic hydroxyl groups is 1. The molecule has 0 aromatic heterocycles. The highest BCUT2D eigenvalue weighted by Crippen LogP contribution is 2.20. The van der Waals surface area contributed by atoms with Gasteiger partial charge in [0.05, 0.1) is 19.3 Å². The first-order valence-electron chi connectivity index (χ1n) is 5.68. The first kappa shape index (κ1) is 14.0. The number of phenolic OH excluding ortho intramolecular Hbond substituents is 1. The maximum absolute atomic E-state index is 11.7. The fraction of sp³-hybridized carbons (Fsp3) is 0.385. The van der Waals surface area contributed by atoms with Crippen LogP contribution in [-0.2, 0) is 9.47 Å². The summed E-state index contributed by atoms with van der Waals surface area (Å²) in [6.07, 6.45) is 1.66. The number of ether oxygens (including phenoxy) is 2. The molecule has 5 nitrogen and oxygen atoms in total. The van der Waals surface area contributed by atoms with Crippen LogP contribution in [-0.4, -0.2) is 30.8 Å². The molecule has 98 valence electrons. The summed E-state index contributed by atoms with van der Waals surface area (Å²) in [5.41, 5.74) is 0.159. The number of benzene rings is 1. The van der Waals surface area contributed by atoms with Gasteiger partial charge in [-0.3, -0.25) is 0 Å². The molecule has 1 aromatic rings. The summed E-state index contributed by atoms with van der Waals surface area (Å²) in [6.45, 7) is 2.26. The van der Waals surface area contributed by atoms with Crippen molar-refractivity contribution < 1.29 is 24.2 Å². The topological polar surface area (TPSA) is 72.8 Å². The van der Waals surface area contributed by atoms with Gasteiger partial charge in [0.25, 0.3) is 0 Å². The second-order valence-electron chi connectivity index (χ2n) is 3.71. The van der Waals surface area contributed by atoms with Gasteiger partial charge in [-0.05, 0) is 24.6 Å². The maximum Gasteiger partial charge on any atom is 0.341 e. The van der Waals surface area contributed by atoms with E-state index in [2.05, 4.69) is 4.74 Å². The summed E-state index contributed by atoms with van der Waals surface area (Å²) in [4.78, 5) is 23.0. The Hall–Kier alpha value is -2.04. The summed E-state index contributed by atoms with van der Waals surface area (Å²) < 4.78 is 9.50. The van der Waals surface area contributed by atoms with Crippen molar-refractivity contribution in [3.05, 3.63) is 29.3 Å². The first-order valence-corrected chi connectivity index (χ1v) is 5.68. The van der Waals surface area contributed by atoms with Gasteiger partial charge in [0.2, 0.25) is 0 Å². The quantitative estimate of drug-likeness (QED) is 0.642. The van der Waals surface area contributed by atoms with Crippen molar-refractivity contribution in [2.24, 2.45) is 0 Å². The van der Waals surface area contributed by atoms with E-state index in [9.17, 15) is 14.7 Å². The molecular formula is C13H16O5. The Kier molecular flexibility index (Phi) is 5.17. The van der Waals surface area contributed by atoms with Gasteiger partial charge in [0, 0.05) is 0 Å². The molecule has 0 spiro atoms. The predicted octanol–water partition coefficient (Wildman–Crippen LogP) is 2.14. The van der Waals surface area contributed by atoms with Gasteiger partial charge in [-0.1, -0.05) is 13.3 Å². The lowest BCUT2D eigenvalue weighted by molar-refractivity contribution is 0.0496. The number of rotatable bonds is 5. The molecule has 5 heteroatoms. The molecule has 1 N–H and O–H groups in total. The zero-order valence-corrected chi connectivity index (χ0v) is 10.4. The second-order valence-corrected chi connectivity index (χ2v) is 3.71. The normalized spacial score (nSPS) is 9.89. The van der Waals surface area contributed by atoms with E-state index in [0.29, 0.717) is 0 Å². The van der Waals surface area contributed by atoms with E-state index < -0.39 is 11.9 Å². The maximum atomic E-state index is 11.7. The zero-order chi connectivity index (χ0) is 13.5. The van der Waals surface area contributed by atoms with Crippen molar-refractivity contribution in [2.75, 3.05) is 13.7 Å². The average molecular weight is 252 g/mol. The van der Waals surface area contributed by atoms with Gasteiger partial charge >= 0.3 is 11.9 Å². The van der Waals surface area contributed by atoms with E-state index in [1.54, 1.807) is 0 Å². The van der Waals surface area contributed by atoms with Crippen LogP contribution >= 0.6 is 0 Å². The fourth-order valence-corrected chi connectivity index (χ4v) is 1.33. The molecule has 0 saturated heterocycles. The number of unbranched alkanes of at least 4 members (excludes halogenated alkanes) is 1.